The molecule has 1 aromatic rings. The Balaban J connectivity index is 1.81. The SMILES string of the molecule is CCCC(N)C(=O)N1CCN(CC2CC2)c2ccccc21. The van der Waals surface area contributed by atoms with Crippen LogP contribution in [0.2, 0.25) is 0 Å². The zero-order valence-electron chi connectivity index (χ0n) is 12.8. The van der Waals surface area contributed by atoms with Crippen LogP contribution in [-0.2, 0) is 4.79 Å². The maximum Gasteiger partial charge on any atom is 0.244 e. The monoisotopic (exact) mass is 287 g/mol. The van der Waals surface area contributed by atoms with E-state index in [0.29, 0.717) is 0 Å². The Kier molecular flexibility index (Phi) is 4.15. The molecule has 2 aliphatic rings. The van der Waals surface area contributed by atoms with Gasteiger partial charge in [0.15, 0.2) is 0 Å². The van der Waals surface area contributed by atoms with Crippen molar-refractivity contribution in [2.24, 2.45) is 11.7 Å². The van der Waals surface area contributed by atoms with Crippen LogP contribution in [0.5, 0.6) is 0 Å². The first kappa shape index (κ1) is 14.4. The molecule has 1 saturated carbocycles. The second kappa shape index (κ2) is 6.06. The number of hydrogen-bond donors (Lipinski definition) is 1. The molecule has 4 heteroatoms. The molecule has 1 aromatic carbocycles. The van der Waals surface area contributed by atoms with Crippen molar-refractivity contribution in [3.05, 3.63) is 24.3 Å². The predicted molar refractivity (Wildman–Crippen MR) is 86.6 cm³/mol. The molecule has 1 heterocycles. The minimum Gasteiger partial charge on any atom is -0.368 e. The van der Waals surface area contributed by atoms with Crippen LogP contribution in [0.1, 0.15) is 32.6 Å². The minimum absolute atomic E-state index is 0.0652. The highest BCUT2D eigenvalue weighted by molar-refractivity contribution is 6.00. The third kappa shape index (κ3) is 3.05. The van der Waals surface area contributed by atoms with E-state index < -0.39 is 0 Å². The van der Waals surface area contributed by atoms with Gasteiger partial charge in [0, 0.05) is 19.6 Å². The summed E-state index contributed by atoms with van der Waals surface area (Å²) in [6.07, 6.45) is 4.39. The molecule has 1 amide bonds. The average molecular weight is 287 g/mol. The van der Waals surface area contributed by atoms with Crippen molar-refractivity contribution in [1.82, 2.24) is 0 Å². The highest BCUT2D eigenvalue weighted by Gasteiger charge is 2.32. The summed E-state index contributed by atoms with van der Waals surface area (Å²) in [5, 5.41) is 0. The van der Waals surface area contributed by atoms with Crippen molar-refractivity contribution in [3.8, 4) is 0 Å². The van der Waals surface area contributed by atoms with E-state index in [2.05, 4.69) is 24.0 Å². The van der Waals surface area contributed by atoms with E-state index in [1.54, 1.807) is 0 Å². The van der Waals surface area contributed by atoms with Gasteiger partial charge in [-0.3, -0.25) is 4.79 Å². The fraction of sp³-hybridized carbons (Fsp3) is 0.588. The Bertz CT molecular complexity index is 513. The maximum absolute atomic E-state index is 12.6. The lowest BCUT2D eigenvalue weighted by atomic mass is 10.1. The Labute approximate surface area is 126 Å². The number of benzene rings is 1. The number of hydrogen-bond acceptors (Lipinski definition) is 3. The second-order valence-corrected chi connectivity index (χ2v) is 6.26. The fourth-order valence-electron chi connectivity index (χ4n) is 3.09. The summed E-state index contributed by atoms with van der Waals surface area (Å²) < 4.78 is 0. The number of rotatable bonds is 5. The van der Waals surface area contributed by atoms with E-state index in [4.69, 9.17) is 5.73 Å². The summed E-state index contributed by atoms with van der Waals surface area (Å²) in [5.41, 5.74) is 8.25. The molecular weight excluding hydrogens is 262 g/mol. The first-order chi connectivity index (χ1) is 10.2. The van der Waals surface area contributed by atoms with E-state index in [0.717, 1.165) is 44.1 Å². The standard InChI is InChI=1S/C17H25N3O/c1-2-5-14(18)17(21)20-11-10-19(12-13-8-9-13)15-6-3-4-7-16(15)20/h3-4,6-7,13-14H,2,5,8-12,18H2,1H3. The molecule has 114 valence electrons. The molecule has 2 N–H and O–H groups in total. The number of para-hydroxylation sites is 2. The molecule has 0 aromatic heterocycles. The van der Waals surface area contributed by atoms with Crippen LogP contribution in [0.15, 0.2) is 24.3 Å². The van der Waals surface area contributed by atoms with E-state index in [1.165, 1.54) is 18.5 Å². The van der Waals surface area contributed by atoms with Gasteiger partial charge in [0.2, 0.25) is 5.91 Å². The van der Waals surface area contributed by atoms with Gasteiger partial charge in [0.05, 0.1) is 17.4 Å². The van der Waals surface area contributed by atoms with Crippen molar-refractivity contribution in [2.75, 3.05) is 29.4 Å². The van der Waals surface area contributed by atoms with E-state index in [1.807, 2.05) is 17.0 Å². The predicted octanol–water partition coefficient (Wildman–Crippen LogP) is 2.38. The van der Waals surface area contributed by atoms with Crippen LogP contribution in [0.25, 0.3) is 0 Å². The van der Waals surface area contributed by atoms with Crippen LogP contribution in [0, 0.1) is 5.92 Å². The number of anilines is 2. The zero-order valence-corrected chi connectivity index (χ0v) is 12.8. The van der Waals surface area contributed by atoms with Crippen LogP contribution >= 0.6 is 0 Å². The summed E-state index contributed by atoms with van der Waals surface area (Å²) in [5.74, 6) is 0.915. The summed E-state index contributed by atoms with van der Waals surface area (Å²) in [6.45, 7) is 4.85. The average Bonchev–Trinajstić information content (AvgIpc) is 3.31. The van der Waals surface area contributed by atoms with Crippen molar-refractivity contribution in [3.63, 3.8) is 0 Å². The minimum atomic E-state index is -0.377. The topological polar surface area (TPSA) is 49.6 Å². The largest absolute Gasteiger partial charge is 0.368 e. The van der Waals surface area contributed by atoms with Crippen molar-refractivity contribution < 1.29 is 4.79 Å². The van der Waals surface area contributed by atoms with Crippen LogP contribution in [-0.4, -0.2) is 31.6 Å². The van der Waals surface area contributed by atoms with Crippen molar-refractivity contribution in [1.29, 1.82) is 0 Å². The lowest BCUT2D eigenvalue weighted by Crippen LogP contribution is -2.50. The molecule has 0 saturated heterocycles. The number of nitrogens with two attached hydrogens (primary N) is 1. The molecule has 1 unspecified atom stereocenters. The number of amides is 1. The molecule has 0 radical (unpaired) electrons. The molecule has 0 spiro atoms. The van der Waals surface area contributed by atoms with Gasteiger partial charge in [0.1, 0.15) is 0 Å². The van der Waals surface area contributed by atoms with Gasteiger partial charge >= 0.3 is 0 Å². The van der Waals surface area contributed by atoms with Gasteiger partial charge in [-0.15, -0.1) is 0 Å². The lowest BCUT2D eigenvalue weighted by molar-refractivity contribution is -0.120. The number of carbonyl (C=O) groups is 1. The summed E-state index contributed by atoms with van der Waals surface area (Å²) >= 11 is 0. The van der Waals surface area contributed by atoms with Gasteiger partial charge in [-0.1, -0.05) is 25.5 Å². The van der Waals surface area contributed by atoms with Gasteiger partial charge in [-0.2, -0.15) is 0 Å². The quantitative estimate of drug-likeness (QED) is 0.904. The Morgan fingerprint density at radius 3 is 2.67 bits per heavy atom. The molecule has 1 atom stereocenters. The highest BCUT2D eigenvalue weighted by Crippen LogP contribution is 2.37. The zero-order chi connectivity index (χ0) is 14.8. The third-order valence-electron chi connectivity index (χ3n) is 4.47. The molecule has 3 rings (SSSR count). The van der Waals surface area contributed by atoms with Crippen LogP contribution in [0.3, 0.4) is 0 Å². The van der Waals surface area contributed by atoms with Gasteiger partial charge in [0.25, 0.3) is 0 Å². The van der Waals surface area contributed by atoms with E-state index in [-0.39, 0.29) is 11.9 Å². The number of carbonyl (C=O) groups excluding carboxylic acids is 1. The summed E-state index contributed by atoms with van der Waals surface area (Å²) in [6, 6.07) is 7.86. The molecule has 1 aliphatic carbocycles. The molecule has 1 aliphatic heterocycles. The molecule has 1 fully saturated rings. The number of fused-ring (bicyclic) bond motifs is 1. The molecule has 0 bridgehead atoms. The summed E-state index contributed by atoms with van der Waals surface area (Å²) in [7, 11) is 0. The smallest absolute Gasteiger partial charge is 0.244 e. The Hall–Kier alpha value is -1.55. The van der Waals surface area contributed by atoms with Crippen LogP contribution < -0.4 is 15.5 Å². The first-order valence-corrected chi connectivity index (χ1v) is 8.11. The van der Waals surface area contributed by atoms with E-state index in [9.17, 15) is 4.79 Å². The van der Waals surface area contributed by atoms with Crippen molar-refractivity contribution >= 4 is 17.3 Å². The Morgan fingerprint density at radius 2 is 2.00 bits per heavy atom. The lowest BCUT2D eigenvalue weighted by Gasteiger charge is -2.38. The molecule has 4 nitrogen and oxygen atoms in total. The van der Waals surface area contributed by atoms with Gasteiger partial charge < -0.3 is 15.5 Å². The maximum atomic E-state index is 12.6. The molecule has 21 heavy (non-hydrogen) atoms. The second-order valence-electron chi connectivity index (χ2n) is 6.26. The summed E-state index contributed by atoms with van der Waals surface area (Å²) in [4.78, 5) is 16.9. The third-order valence-corrected chi connectivity index (χ3v) is 4.47. The van der Waals surface area contributed by atoms with Gasteiger partial charge in [-0.05, 0) is 37.3 Å². The van der Waals surface area contributed by atoms with Crippen LogP contribution in [0.4, 0.5) is 11.4 Å². The van der Waals surface area contributed by atoms with Gasteiger partial charge in [-0.25, -0.2) is 0 Å². The molecular formula is C17H25N3O. The Morgan fingerprint density at radius 1 is 1.29 bits per heavy atom. The highest BCUT2D eigenvalue weighted by atomic mass is 16.2. The normalized spacial score (nSPS) is 19.3. The van der Waals surface area contributed by atoms with Crippen molar-refractivity contribution in [2.45, 2.75) is 38.6 Å². The number of nitrogens with zero attached hydrogens (tertiary/aromatic N) is 2. The van der Waals surface area contributed by atoms with E-state index >= 15 is 0 Å². The first-order valence-electron chi connectivity index (χ1n) is 8.11. The fourth-order valence-corrected chi connectivity index (χ4v) is 3.09.